The molecule has 0 unspecified atom stereocenters. The molecule has 0 aromatic heterocycles. The first kappa shape index (κ1) is 9.51. The van der Waals surface area contributed by atoms with Gasteiger partial charge in [0.1, 0.15) is 5.75 Å². The second kappa shape index (κ2) is 3.61. The van der Waals surface area contributed by atoms with Crippen LogP contribution in [0.3, 0.4) is 0 Å². The van der Waals surface area contributed by atoms with Crippen molar-refractivity contribution in [2.45, 2.75) is 6.92 Å². The lowest BCUT2D eigenvalue weighted by atomic mass is 10.2. The Morgan fingerprint density at radius 3 is 2.93 bits per heavy atom. The monoisotopic (exact) mass is 206 g/mol. The molecular weight excluding hydrogens is 196 g/mol. The summed E-state index contributed by atoms with van der Waals surface area (Å²) in [6.07, 6.45) is 0. The Kier molecular flexibility index (Phi) is 2.29. The molecule has 1 aliphatic heterocycles. The lowest BCUT2D eigenvalue weighted by Gasteiger charge is -2.18. The van der Waals surface area contributed by atoms with Gasteiger partial charge in [0.15, 0.2) is 0 Å². The summed E-state index contributed by atoms with van der Waals surface area (Å²) in [4.78, 5) is 21.8. The molecule has 5 nitrogen and oxygen atoms in total. The van der Waals surface area contributed by atoms with Crippen molar-refractivity contribution in [3.8, 4) is 5.75 Å². The molecule has 1 aliphatic rings. The number of fused-ring (bicyclic) bond motifs is 1. The van der Waals surface area contributed by atoms with Gasteiger partial charge in [-0.25, -0.2) is 0 Å². The summed E-state index contributed by atoms with van der Waals surface area (Å²) in [5.41, 5.74) is 1.45. The van der Waals surface area contributed by atoms with Crippen LogP contribution < -0.4 is 15.4 Å². The van der Waals surface area contributed by atoms with Gasteiger partial charge in [0.2, 0.25) is 5.91 Å². The van der Waals surface area contributed by atoms with Crippen molar-refractivity contribution in [1.82, 2.24) is 0 Å². The molecule has 1 heterocycles. The van der Waals surface area contributed by atoms with Crippen molar-refractivity contribution < 1.29 is 14.3 Å². The van der Waals surface area contributed by atoms with Gasteiger partial charge in [0.25, 0.3) is 0 Å². The van der Waals surface area contributed by atoms with Crippen LogP contribution in [-0.2, 0) is 9.59 Å². The van der Waals surface area contributed by atoms with Crippen LogP contribution in [0.5, 0.6) is 5.75 Å². The number of ether oxygens (including phenoxy) is 1. The van der Waals surface area contributed by atoms with E-state index in [1.165, 1.54) is 6.92 Å². The second-order valence-corrected chi connectivity index (χ2v) is 3.20. The summed E-state index contributed by atoms with van der Waals surface area (Å²) in [5, 5.41) is 5.62. The van der Waals surface area contributed by atoms with Crippen LogP contribution in [0.2, 0.25) is 0 Å². The molecule has 0 atom stereocenters. The lowest BCUT2D eigenvalue weighted by Crippen LogP contribution is -2.27. The highest BCUT2D eigenvalue weighted by atomic mass is 16.5. The molecular formula is C10H10N2O3. The number of carbonyl (C=O) groups is 2. The van der Waals surface area contributed by atoms with E-state index in [2.05, 4.69) is 10.6 Å². The summed E-state index contributed by atoms with van der Waals surface area (Å²) >= 11 is 0. The molecule has 2 N–H and O–H groups in total. The molecule has 1 amide bonds. The number of hydrogen-bond donors (Lipinski definition) is 2. The largest absolute Gasteiger partial charge is 0.427 e. The molecule has 78 valence electrons. The van der Waals surface area contributed by atoms with Crippen molar-refractivity contribution in [2.75, 3.05) is 17.2 Å². The van der Waals surface area contributed by atoms with Crippen LogP contribution in [0.15, 0.2) is 18.2 Å². The molecule has 0 saturated heterocycles. The van der Waals surface area contributed by atoms with Crippen LogP contribution in [0.4, 0.5) is 11.4 Å². The van der Waals surface area contributed by atoms with E-state index in [1.807, 2.05) is 0 Å². The Morgan fingerprint density at radius 1 is 1.40 bits per heavy atom. The molecule has 1 aromatic rings. The summed E-state index contributed by atoms with van der Waals surface area (Å²) in [7, 11) is 0. The summed E-state index contributed by atoms with van der Waals surface area (Å²) in [6, 6.07) is 5.00. The Balaban J connectivity index is 2.26. The van der Waals surface area contributed by atoms with Gasteiger partial charge in [-0.05, 0) is 12.1 Å². The minimum atomic E-state index is -0.366. The van der Waals surface area contributed by atoms with Crippen LogP contribution in [0, 0.1) is 0 Å². The number of esters is 1. The van der Waals surface area contributed by atoms with Gasteiger partial charge in [0, 0.05) is 13.0 Å². The predicted molar refractivity (Wildman–Crippen MR) is 54.9 cm³/mol. The minimum Gasteiger partial charge on any atom is -0.427 e. The number of nitrogens with one attached hydrogen (secondary N) is 2. The fourth-order valence-corrected chi connectivity index (χ4v) is 1.38. The molecule has 0 fully saturated rings. The van der Waals surface area contributed by atoms with E-state index in [0.717, 1.165) is 5.69 Å². The van der Waals surface area contributed by atoms with Gasteiger partial charge in [0.05, 0.1) is 17.9 Å². The van der Waals surface area contributed by atoms with Crippen molar-refractivity contribution >= 4 is 23.3 Å². The highest BCUT2D eigenvalue weighted by Crippen LogP contribution is 2.28. The van der Waals surface area contributed by atoms with Gasteiger partial charge in [-0.15, -0.1) is 0 Å². The van der Waals surface area contributed by atoms with Gasteiger partial charge < -0.3 is 15.4 Å². The number of rotatable bonds is 1. The summed E-state index contributed by atoms with van der Waals surface area (Å²) in [6.45, 7) is 1.57. The molecule has 0 radical (unpaired) electrons. The van der Waals surface area contributed by atoms with Gasteiger partial charge >= 0.3 is 5.97 Å². The van der Waals surface area contributed by atoms with Gasteiger partial charge in [-0.3, -0.25) is 9.59 Å². The van der Waals surface area contributed by atoms with Crippen LogP contribution in [0.1, 0.15) is 6.92 Å². The van der Waals surface area contributed by atoms with E-state index in [9.17, 15) is 9.59 Å². The Hall–Kier alpha value is -2.04. The average Bonchev–Trinajstić information content (AvgIpc) is 2.17. The topological polar surface area (TPSA) is 67.4 Å². The van der Waals surface area contributed by atoms with Crippen LogP contribution in [-0.4, -0.2) is 18.4 Å². The van der Waals surface area contributed by atoms with Crippen molar-refractivity contribution in [2.24, 2.45) is 0 Å². The molecule has 5 heteroatoms. The average molecular weight is 206 g/mol. The molecule has 0 aliphatic carbocycles. The molecule has 1 aromatic carbocycles. The fraction of sp³-hybridized carbons (Fsp3) is 0.200. The van der Waals surface area contributed by atoms with E-state index in [1.54, 1.807) is 18.2 Å². The lowest BCUT2D eigenvalue weighted by molar-refractivity contribution is -0.131. The summed E-state index contributed by atoms with van der Waals surface area (Å²) < 4.78 is 4.92. The van der Waals surface area contributed by atoms with Gasteiger partial charge in [-0.2, -0.15) is 0 Å². The van der Waals surface area contributed by atoms with Crippen molar-refractivity contribution in [3.63, 3.8) is 0 Å². The summed E-state index contributed by atoms with van der Waals surface area (Å²) in [5.74, 6) is 0.0161. The standard InChI is InChI=1S/C10H10N2O3/c1-6(13)15-7-2-3-8-9(4-7)11-5-10(14)12-8/h2-4,11H,5H2,1H3,(H,12,14). The van der Waals surface area contributed by atoms with Crippen LogP contribution >= 0.6 is 0 Å². The number of hydrogen-bond acceptors (Lipinski definition) is 4. The number of benzene rings is 1. The first-order valence-corrected chi connectivity index (χ1v) is 4.51. The maximum Gasteiger partial charge on any atom is 0.308 e. The highest BCUT2D eigenvalue weighted by Gasteiger charge is 2.14. The molecule has 2 rings (SSSR count). The first-order valence-electron chi connectivity index (χ1n) is 4.51. The molecule has 0 saturated carbocycles. The second-order valence-electron chi connectivity index (χ2n) is 3.20. The van der Waals surface area contributed by atoms with Crippen molar-refractivity contribution in [1.29, 1.82) is 0 Å². The minimum absolute atomic E-state index is 0.0808. The van der Waals surface area contributed by atoms with E-state index < -0.39 is 0 Å². The Labute approximate surface area is 86.4 Å². The van der Waals surface area contributed by atoms with E-state index >= 15 is 0 Å². The predicted octanol–water partition coefficient (Wildman–Crippen LogP) is 0.976. The smallest absolute Gasteiger partial charge is 0.308 e. The zero-order chi connectivity index (χ0) is 10.8. The van der Waals surface area contributed by atoms with Crippen molar-refractivity contribution in [3.05, 3.63) is 18.2 Å². The molecule has 15 heavy (non-hydrogen) atoms. The highest BCUT2D eigenvalue weighted by molar-refractivity contribution is 6.00. The third-order valence-corrected chi connectivity index (χ3v) is 1.97. The molecule has 0 bridgehead atoms. The maximum atomic E-state index is 11.0. The quantitative estimate of drug-likeness (QED) is 0.531. The van der Waals surface area contributed by atoms with E-state index in [0.29, 0.717) is 11.4 Å². The number of amides is 1. The first-order chi connectivity index (χ1) is 7.15. The third kappa shape index (κ3) is 2.07. The normalized spacial score (nSPS) is 13.5. The fourth-order valence-electron chi connectivity index (χ4n) is 1.38. The SMILES string of the molecule is CC(=O)Oc1ccc2c(c1)NCC(=O)N2. The Morgan fingerprint density at radius 2 is 2.20 bits per heavy atom. The number of carbonyl (C=O) groups excluding carboxylic acids is 2. The molecule has 0 spiro atoms. The van der Waals surface area contributed by atoms with Crippen LogP contribution in [0.25, 0.3) is 0 Å². The van der Waals surface area contributed by atoms with E-state index in [-0.39, 0.29) is 18.4 Å². The third-order valence-electron chi connectivity index (χ3n) is 1.97. The number of anilines is 2. The van der Waals surface area contributed by atoms with E-state index in [4.69, 9.17) is 4.74 Å². The maximum absolute atomic E-state index is 11.0. The zero-order valence-electron chi connectivity index (χ0n) is 8.16. The Bertz CT molecular complexity index is 429. The van der Waals surface area contributed by atoms with Gasteiger partial charge in [-0.1, -0.05) is 0 Å². The zero-order valence-corrected chi connectivity index (χ0v) is 8.16.